The highest BCUT2D eigenvalue weighted by molar-refractivity contribution is 5.95. The van der Waals surface area contributed by atoms with Crippen molar-refractivity contribution in [3.63, 3.8) is 0 Å². The van der Waals surface area contributed by atoms with Crippen molar-refractivity contribution in [2.75, 3.05) is 9.80 Å². The van der Waals surface area contributed by atoms with Gasteiger partial charge in [-0.2, -0.15) is 9.97 Å². The van der Waals surface area contributed by atoms with Crippen molar-refractivity contribution in [1.29, 1.82) is 0 Å². The molecule has 0 amide bonds. The zero-order valence-corrected chi connectivity index (χ0v) is 35.0. The quantitative estimate of drug-likeness (QED) is 0.146. The van der Waals surface area contributed by atoms with Crippen molar-refractivity contribution in [1.82, 2.24) is 15.0 Å². The van der Waals surface area contributed by atoms with Crippen molar-refractivity contribution in [3.05, 3.63) is 209 Å². The summed E-state index contributed by atoms with van der Waals surface area (Å²) in [5, 5.41) is 2.21. The normalized spacial score (nSPS) is 11.2. The van der Waals surface area contributed by atoms with Gasteiger partial charge in [-0.1, -0.05) is 151 Å². The number of benzene rings is 8. The van der Waals surface area contributed by atoms with Gasteiger partial charge in [-0.15, -0.1) is 0 Å². The summed E-state index contributed by atoms with van der Waals surface area (Å²) in [5.41, 5.74) is 16.9. The molecule has 60 heavy (non-hydrogen) atoms. The van der Waals surface area contributed by atoms with Gasteiger partial charge in [0.1, 0.15) is 0 Å². The van der Waals surface area contributed by atoms with E-state index < -0.39 is 0 Å². The van der Waals surface area contributed by atoms with Crippen molar-refractivity contribution in [2.24, 2.45) is 0 Å². The second kappa shape index (κ2) is 16.1. The van der Waals surface area contributed by atoms with E-state index in [-0.39, 0.29) is 0 Å². The standard InChI is InChI=1S/C55H47N5/c1-36-31-38(3)51(39(4)32-36)60(52-40(5)33-37(2)34-41(52)6)47-29-27-46(28-30-47)59(48-24-15-23-45(35-48)42-17-9-7-10-18-42)55-57-53(44-20-11-8-12-21-44)56-54(58-55)50-26-16-22-43-19-13-14-25-49(43)50/h7-35H,1-6H3. The third-order valence-electron chi connectivity index (χ3n) is 11.2. The van der Waals surface area contributed by atoms with Gasteiger partial charge < -0.3 is 4.90 Å². The molecule has 0 aliphatic heterocycles. The molecular weight excluding hydrogens is 731 g/mol. The molecule has 0 N–H and O–H groups in total. The summed E-state index contributed by atoms with van der Waals surface area (Å²) < 4.78 is 0. The van der Waals surface area contributed by atoms with E-state index in [1.807, 2.05) is 18.2 Å². The van der Waals surface area contributed by atoms with Gasteiger partial charge in [0.2, 0.25) is 5.95 Å². The molecule has 9 rings (SSSR count). The lowest BCUT2D eigenvalue weighted by Gasteiger charge is -2.32. The Labute approximate surface area is 353 Å². The lowest BCUT2D eigenvalue weighted by molar-refractivity contribution is 1.02. The SMILES string of the molecule is Cc1cc(C)c(N(c2ccc(N(c3cccc(-c4ccccc4)c3)c3nc(-c4ccccc4)nc(-c4cccc5ccccc45)n3)cc2)c2c(C)cc(C)cc2C)c(C)c1. The first kappa shape index (κ1) is 38.2. The predicted octanol–water partition coefficient (Wildman–Crippen LogP) is 14.8. The molecule has 0 bridgehead atoms. The number of rotatable bonds is 9. The van der Waals surface area contributed by atoms with Gasteiger partial charge >= 0.3 is 0 Å². The van der Waals surface area contributed by atoms with Crippen LogP contribution in [0.2, 0.25) is 0 Å². The van der Waals surface area contributed by atoms with Gasteiger partial charge in [-0.3, -0.25) is 4.90 Å². The van der Waals surface area contributed by atoms with E-state index >= 15 is 0 Å². The van der Waals surface area contributed by atoms with Gasteiger partial charge in [-0.05, 0) is 122 Å². The van der Waals surface area contributed by atoms with Crippen LogP contribution in [0, 0.1) is 41.5 Å². The molecular formula is C55H47N5. The number of hydrogen-bond donors (Lipinski definition) is 0. The summed E-state index contributed by atoms with van der Waals surface area (Å²) in [4.78, 5) is 20.4. The fraction of sp³-hybridized carbons (Fsp3) is 0.109. The van der Waals surface area contributed by atoms with E-state index in [1.165, 1.54) is 44.8 Å². The largest absolute Gasteiger partial charge is 0.309 e. The molecule has 0 fully saturated rings. The van der Waals surface area contributed by atoms with Crippen LogP contribution in [0.15, 0.2) is 176 Å². The van der Waals surface area contributed by atoms with Gasteiger partial charge in [-0.25, -0.2) is 4.98 Å². The van der Waals surface area contributed by atoms with Crippen LogP contribution >= 0.6 is 0 Å². The Morgan fingerprint density at radius 3 is 1.45 bits per heavy atom. The van der Waals surface area contributed by atoms with Gasteiger partial charge in [0.25, 0.3) is 0 Å². The van der Waals surface area contributed by atoms with Crippen LogP contribution in [0.25, 0.3) is 44.7 Å². The fourth-order valence-corrected chi connectivity index (χ4v) is 8.73. The molecule has 0 saturated heterocycles. The Balaban J connectivity index is 1.27. The van der Waals surface area contributed by atoms with E-state index in [2.05, 4.69) is 209 Å². The van der Waals surface area contributed by atoms with Gasteiger partial charge in [0, 0.05) is 28.2 Å². The molecule has 0 aliphatic carbocycles. The van der Waals surface area contributed by atoms with Crippen molar-refractivity contribution in [2.45, 2.75) is 41.5 Å². The second-order valence-electron chi connectivity index (χ2n) is 15.8. The van der Waals surface area contributed by atoms with Crippen LogP contribution in [0.5, 0.6) is 0 Å². The van der Waals surface area contributed by atoms with E-state index in [9.17, 15) is 0 Å². The maximum atomic E-state index is 5.34. The summed E-state index contributed by atoms with van der Waals surface area (Å²) in [6.45, 7) is 13.2. The summed E-state index contributed by atoms with van der Waals surface area (Å²) in [6.07, 6.45) is 0. The smallest absolute Gasteiger partial charge is 0.238 e. The first-order chi connectivity index (χ1) is 29.2. The Hall–Kier alpha value is -7.37. The highest BCUT2D eigenvalue weighted by Gasteiger charge is 2.24. The maximum Gasteiger partial charge on any atom is 0.238 e. The second-order valence-corrected chi connectivity index (χ2v) is 15.8. The van der Waals surface area contributed by atoms with Crippen molar-refractivity contribution < 1.29 is 0 Å². The van der Waals surface area contributed by atoms with E-state index in [4.69, 9.17) is 15.0 Å². The van der Waals surface area contributed by atoms with Crippen LogP contribution in [0.4, 0.5) is 34.4 Å². The molecule has 0 spiro atoms. The Morgan fingerprint density at radius 1 is 0.350 bits per heavy atom. The highest BCUT2D eigenvalue weighted by atomic mass is 15.3. The monoisotopic (exact) mass is 777 g/mol. The summed E-state index contributed by atoms with van der Waals surface area (Å²) in [5.74, 6) is 1.74. The van der Waals surface area contributed by atoms with E-state index in [0.717, 1.165) is 50.1 Å². The minimum atomic E-state index is 0.525. The summed E-state index contributed by atoms with van der Waals surface area (Å²) in [7, 11) is 0. The molecule has 1 heterocycles. The first-order valence-electron chi connectivity index (χ1n) is 20.5. The maximum absolute atomic E-state index is 5.34. The molecule has 0 aliphatic rings. The number of nitrogens with zero attached hydrogens (tertiary/aromatic N) is 5. The number of hydrogen-bond acceptors (Lipinski definition) is 5. The van der Waals surface area contributed by atoms with Crippen molar-refractivity contribution in [3.8, 4) is 33.9 Å². The minimum Gasteiger partial charge on any atom is -0.309 e. The molecule has 0 radical (unpaired) electrons. The third-order valence-corrected chi connectivity index (χ3v) is 11.2. The van der Waals surface area contributed by atoms with Crippen LogP contribution in [-0.4, -0.2) is 15.0 Å². The number of aryl methyl sites for hydroxylation is 6. The van der Waals surface area contributed by atoms with Crippen LogP contribution in [0.1, 0.15) is 33.4 Å². The average molecular weight is 778 g/mol. The van der Waals surface area contributed by atoms with Crippen LogP contribution in [-0.2, 0) is 0 Å². The number of fused-ring (bicyclic) bond motifs is 1. The molecule has 8 aromatic carbocycles. The zero-order chi connectivity index (χ0) is 41.3. The summed E-state index contributed by atoms with van der Waals surface area (Å²) in [6, 6.07) is 62.0. The molecule has 1 aromatic heterocycles. The van der Waals surface area contributed by atoms with Gasteiger partial charge in [0.05, 0.1) is 11.4 Å². The lowest BCUT2D eigenvalue weighted by atomic mass is 9.98. The Bertz CT molecular complexity index is 2880. The number of anilines is 6. The molecule has 0 unspecified atom stereocenters. The lowest BCUT2D eigenvalue weighted by Crippen LogP contribution is -2.17. The van der Waals surface area contributed by atoms with Crippen LogP contribution in [0.3, 0.4) is 0 Å². The van der Waals surface area contributed by atoms with Gasteiger partial charge in [0.15, 0.2) is 11.6 Å². The molecule has 0 atom stereocenters. The Morgan fingerprint density at radius 2 is 0.833 bits per heavy atom. The van der Waals surface area contributed by atoms with Crippen molar-refractivity contribution >= 4 is 45.2 Å². The average Bonchev–Trinajstić information content (AvgIpc) is 3.26. The fourth-order valence-electron chi connectivity index (χ4n) is 8.73. The number of aromatic nitrogens is 3. The van der Waals surface area contributed by atoms with E-state index in [1.54, 1.807) is 0 Å². The zero-order valence-electron chi connectivity index (χ0n) is 35.0. The molecule has 9 aromatic rings. The molecule has 5 heteroatoms. The first-order valence-corrected chi connectivity index (χ1v) is 20.5. The topological polar surface area (TPSA) is 45.2 Å². The summed E-state index contributed by atoms with van der Waals surface area (Å²) >= 11 is 0. The molecule has 0 saturated carbocycles. The third kappa shape index (κ3) is 7.42. The highest BCUT2D eigenvalue weighted by Crippen LogP contribution is 2.44. The van der Waals surface area contributed by atoms with E-state index in [0.29, 0.717) is 17.6 Å². The minimum absolute atomic E-state index is 0.525. The van der Waals surface area contributed by atoms with Crippen LogP contribution < -0.4 is 9.80 Å². The molecule has 5 nitrogen and oxygen atoms in total. The Kier molecular flexibility index (Phi) is 10.2. The predicted molar refractivity (Wildman–Crippen MR) is 251 cm³/mol. The molecule has 292 valence electrons.